The molecule has 1 aromatic carbocycles. The maximum Gasteiger partial charge on any atom is 0.311 e. The van der Waals surface area contributed by atoms with Gasteiger partial charge in [-0.3, -0.25) is 9.59 Å². The highest BCUT2D eigenvalue weighted by molar-refractivity contribution is 8.14. The molecule has 0 aliphatic carbocycles. The molecule has 140 valence electrons. The van der Waals surface area contributed by atoms with Gasteiger partial charge in [0.05, 0.1) is 35.2 Å². The molecule has 0 radical (unpaired) electrons. The standard InChI is InChI=1S/C19H25N3O3S/c1-4-13(3)20-17(23)12-26-18-10-14(11-19(24)25-5-2)21-15-8-6-7-9-16(15)22-18/h6-10,13,21H,4-5,11-12H2,1-3H3,(H,20,23)/t13-/m1/s1. The van der Waals surface area contributed by atoms with Crippen molar-refractivity contribution in [3.63, 3.8) is 0 Å². The van der Waals surface area contributed by atoms with E-state index in [9.17, 15) is 9.59 Å². The number of nitrogens with zero attached hydrogens (tertiary/aromatic N) is 1. The van der Waals surface area contributed by atoms with Gasteiger partial charge in [0, 0.05) is 11.7 Å². The lowest BCUT2D eigenvalue weighted by Crippen LogP contribution is -2.33. The number of rotatable bonds is 7. The zero-order valence-corrected chi connectivity index (χ0v) is 16.2. The van der Waals surface area contributed by atoms with Crippen molar-refractivity contribution >= 4 is 40.1 Å². The van der Waals surface area contributed by atoms with Crippen LogP contribution in [0.4, 0.5) is 11.4 Å². The predicted octanol–water partition coefficient (Wildman–Crippen LogP) is 3.63. The third-order valence-corrected chi connectivity index (χ3v) is 4.65. The van der Waals surface area contributed by atoms with Crippen molar-refractivity contribution in [1.82, 2.24) is 5.32 Å². The first kappa shape index (κ1) is 20.0. The van der Waals surface area contributed by atoms with Crippen LogP contribution in [-0.2, 0) is 14.3 Å². The second kappa shape index (κ2) is 10.0. The number of hydrogen-bond donors (Lipinski definition) is 2. The number of nitrogens with one attached hydrogen (secondary N) is 2. The molecule has 26 heavy (non-hydrogen) atoms. The number of carbonyl (C=O) groups is 2. The van der Waals surface area contributed by atoms with Crippen LogP contribution in [0.25, 0.3) is 0 Å². The van der Waals surface area contributed by atoms with Crippen LogP contribution in [0.2, 0.25) is 0 Å². The number of anilines is 1. The van der Waals surface area contributed by atoms with Crippen LogP contribution >= 0.6 is 11.8 Å². The first-order chi connectivity index (χ1) is 12.5. The van der Waals surface area contributed by atoms with Crippen LogP contribution < -0.4 is 10.6 Å². The summed E-state index contributed by atoms with van der Waals surface area (Å²) in [4.78, 5) is 28.5. The van der Waals surface area contributed by atoms with Crippen LogP contribution in [0.15, 0.2) is 41.0 Å². The van der Waals surface area contributed by atoms with Crippen molar-refractivity contribution in [3.8, 4) is 0 Å². The lowest BCUT2D eigenvalue weighted by molar-refractivity contribution is -0.142. The molecule has 1 aliphatic rings. The molecular formula is C19H25N3O3S. The summed E-state index contributed by atoms with van der Waals surface area (Å²) in [6.45, 7) is 6.12. The minimum absolute atomic E-state index is 0.0297. The molecule has 0 spiro atoms. The van der Waals surface area contributed by atoms with Gasteiger partial charge in [-0.05, 0) is 38.5 Å². The van der Waals surface area contributed by atoms with E-state index in [0.29, 0.717) is 17.3 Å². The van der Waals surface area contributed by atoms with Gasteiger partial charge in [0.15, 0.2) is 0 Å². The van der Waals surface area contributed by atoms with E-state index in [-0.39, 0.29) is 30.1 Å². The Kier molecular flexibility index (Phi) is 7.72. The topological polar surface area (TPSA) is 79.8 Å². The molecule has 0 saturated heterocycles. The largest absolute Gasteiger partial charge is 0.466 e. The molecule has 1 aliphatic heterocycles. The van der Waals surface area contributed by atoms with Crippen molar-refractivity contribution in [2.75, 3.05) is 17.7 Å². The Labute approximate surface area is 158 Å². The number of fused-ring (bicyclic) bond motifs is 1. The minimum Gasteiger partial charge on any atom is -0.466 e. The number of aliphatic imine (C=N–C) groups is 1. The number of para-hydroxylation sites is 2. The van der Waals surface area contributed by atoms with Gasteiger partial charge in [-0.25, -0.2) is 4.99 Å². The molecule has 0 bridgehead atoms. The summed E-state index contributed by atoms with van der Waals surface area (Å²) in [5.74, 6) is -0.0588. The number of hydrogen-bond acceptors (Lipinski definition) is 6. The molecule has 1 amide bonds. The van der Waals surface area contributed by atoms with E-state index < -0.39 is 0 Å². The second-order valence-corrected chi connectivity index (χ2v) is 6.90. The Morgan fingerprint density at radius 3 is 2.81 bits per heavy atom. The first-order valence-electron chi connectivity index (χ1n) is 8.74. The lowest BCUT2D eigenvalue weighted by atomic mass is 10.2. The number of carbonyl (C=O) groups excluding carboxylic acids is 2. The van der Waals surface area contributed by atoms with Gasteiger partial charge in [0.25, 0.3) is 0 Å². The SMILES string of the molecule is CCOC(=O)CC1=CC(SCC(=O)N[C@H](C)CC)=Nc2ccccc2N1. The van der Waals surface area contributed by atoms with Crippen molar-refractivity contribution in [1.29, 1.82) is 0 Å². The van der Waals surface area contributed by atoms with Crippen LogP contribution in [0.3, 0.4) is 0 Å². The van der Waals surface area contributed by atoms with E-state index in [4.69, 9.17) is 4.74 Å². The van der Waals surface area contributed by atoms with Gasteiger partial charge in [0.1, 0.15) is 0 Å². The third kappa shape index (κ3) is 6.22. The fourth-order valence-electron chi connectivity index (χ4n) is 2.28. The van der Waals surface area contributed by atoms with Crippen LogP contribution in [0.1, 0.15) is 33.6 Å². The van der Waals surface area contributed by atoms with Gasteiger partial charge in [-0.1, -0.05) is 30.8 Å². The number of benzene rings is 1. The summed E-state index contributed by atoms with van der Waals surface area (Å²) in [6.07, 6.45) is 2.82. The third-order valence-electron chi connectivity index (χ3n) is 3.74. The smallest absolute Gasteiger partial charge is 0.311 e. The molecule has 1 aromatic rings. The molecule has 1 atom stereocenters. The molecule has 2 N–H and O–H groups in total. The first-order valence-corrected chi connectivity index (χ1v) is 9.73. The summed E-state index contributed by atoms with van der Waals surface area (Å²) in [7, 11) is 0. The Balaban J connectivity index is 2.13. The fourth-order valence-corrected chi connectivity index (χ4v) is 3.03. The Hall–Kier alpha value is -2.28. The number of ether oxygens (including phenoxy) is 1. The summed E-state index contributed by atoms with van der Waals surface area (Å²) in [5.41, 5.74) is 2.29. The molecule has 0 saturated carbocycles. The number of thioether (sulfide) groups is 1. The van der Waals surface area contributed by atoms with E-state index in [0.717, 1.165) is 17.8 Å². The Morgan fingerprint density at radius 2 is 2.08 bits per heavy atom. The quantitative estimate of drug-likeness (QED) is 0.712. The second-order valence-electron chi connectivity index (χ2n) is 5.91. The summed E-state index contributed by atoms with van der Waals surface area (Å²) < 4.78 is 5.03. The number of esters is 1. The monoisotopic (exact) mass is 375 g/mol. The predicted molar refractivity (Wildman–Crippen MR) is 107 cm³/mol. The maximum atomic E-state index is 12.0. The Bertz CT molecular complexity index is 716. The van der Waals surface area contributed by atoms with E-state index in [2.05, 4.69) is 15.6 Å². The van der Waals surface area contributed by atoms with E-state index in [1.807, 2.05) is 38.1 Å². The summed E-state index contributed by atoms with van der Waals surface area (Å²) in [6, 6.07) is 7.75. The molecule has 0 aromatic heterocycles. The maximum absolute atomic E-state index is 12.0. The van der Waals surface area contributed by atoms with Crippen molar-refractivity contribution < 1.29 is 14.3 Å². The van der Waals surface area contributed by atoms with Gasteiger partial charge >= 0.3 is 5.97 Å². The highest BCUT2D eigenvalue weighted by Gasteiger charge is 2.15. The van der Waals surface area contributed by atoms with Crippen LogP contribution in [0.5, 0.6) is 0 Å². The van der Waals surface area contributed by atoms with Gasteiger partial charge in [-0.15, -0.1) is 0 Å². The normalized spacial score (nSPS) is 14.1. The molecule has 6 nitrogen and oxygen atoms in total. The molecule has 1 heterocycles. The minimum atomic E-state index is -0.301. The van der Waals surface area contributed by atoms with E-state index >= 15 is 0 Å². The summed E-state index contributed by atoms with van der Waals surface area (Å²) in [5, 5.41) is 6.86. The highest BCUT2D eigenvalue weighted by atomic mass is 32.2. The van der Waals surface area contributed by atoms with Crippen LogP contribution in [-0.4, -0.2) is 35.3 Å². The zero-order valence-electron chi connectivity index (χ0n) is 15.4. The van der Waals surface area contributed by atoms with Crippen molar-refractivity contribution in [2.45, 2.75) is 39.7 Å². The Morgan fingerprint density at radius 1 is 1.31 bits per heavy atom. The molecule has 0 fully saturated rings. The van der Waals surface area contributed by atoms with Gasteiger partial charge in [0.2, 0.25) is 5.91 Å². The van der Waals surface area contributed by atoms with E-state index in [1.54, 1.807) is 13.0 Å². The average Bonchev–Trinajstić information content (AvgIpc) is 2.78. The lowest BCUT2D eigenvalue weighted by Gasteiger charge is -2.11. The number of amides is 1. The zero-order chi connectivity index (χ0) is 18.9. The summed E-state index contributed by atoms with van der Waals surface area (Å²) >= 11 is 1.35. The van der Waals surface area contributed by atoms with E-state index in [1.165, 1.54) is 11.8 Å². The van der Waals surface area contributed by atoms with Gasteiger partial charge in [-0.2, -0.15) is 0 Å². The molecule has 2 rings (SSSR count). The highest BCUT2D eigenvalue weighted by Crippen LogP contribution is 2.30. The molecule has 7 heteroatoms. The van der Waals surface area contributed by atoms with Crippen molar-refractivity contribution in [2.24, 2.45) is 4.99 Å². The van der Waals surface area contributed by atoms with Crippen molar-refractivity contribution in [3.05, 3.63) is 36.0 Å². The fraction of sp³-hybridized carbons (Fsp3) is 0.421. The molecule has 0 unspecified atom stereocenters. The molecular weight excluding hydrogens is 350 g/mol. The van der Waals surface area contributed by atoms with Gasteiger partial charge < -0.3 is 15.4 Å². The van der Waals surface area contributed by atoms with Crippen LogP contribution in [0, 0.1) is 0 Å². The average molecular weight is 375 g/mol.